The number of nitro groups is 1. The maximum absolute atomic E-state index is 11.1. The number of piperazine rings is 1. The summed E-state index contributed by atoms with van der Waals surface area (Å²) in [6.45, 7) is 8.91. The average Bonchev–Trinajstić information content (AvgIpc) is 2.52. The first-order chi connectivity index (χ1) is 10.2. The third kappa shape index (κ3) is 3.80. The summed E-state index contributed by atoms with van der Waals surface area (Å²) < 4.78 is 5.08. The average molecular weight is 291 g/mol. The van der Waals surface area contributed by atoms with Crippen molar-refractivity contribution in [2.45, 2.75) is 0 Å². The van der Waals surface area contributed by atoms with Crippen LogP contribution in [0.3, 0.4) is 0 Å². The van der Waals surface area contributed by atoms with Gasteiger partial charge in [0.2, 0.25) is 0 Å². The molecule has 0 aliphatic carbocycles. The molecule has 0 spiro atoms. The van der Waals surface area contributed by atoms with Gasteiger partial charge in [-0.15, -0.1) is 0 Å². The molecule has 6 nitrogen and oxygen atoms in total. The predicted octanol–water partition coefficient (Wildman–Crippen LogP) is 2.01. The van der Waals surface area contributed by atoms with Gasteiger partial charge in [-0.1, -0.05) is 12.7 Å². The number of ether oxygens (including phenoxy) is 1. The molecule has 21 heavy (non-hydrogen) atoms. The first-order valence-corrected chi connectivity index (χ1v) is 7.03. The summed E-state index contributed by atoms with van der Waals surface area (Å²) in [4.78, 5) is 15.3. The summed E-state index contributed by atoms with van der Waals surface area (Å²) in [5.74, 6) is 0. The fourth-order valence-corrected chi connectivity index (χ4v) is 2.51. The Hall–Kier alpha value is -1.92. The summed E-state index contributed by atoms with van der Waals surface area (Å²) in [7, 11) is 1.70. The highest BCUT2D eigenvalue weighted by molar-refractivity contribution is 5.66. The Morgan fingerprint density at radius 3 is 2.67 bits per heavy atom. The molecule has 1 fully saturated rings. The number of nitrogens with zero attached hydrogens (tertiary/aromatic N) is 3. The summed E-state index contributed by atoms with van der Waals surface area (Å²) in [6, 6.07) is 5.33. The molecule has 1 saturated heterocycles. The molecule has 1 heterocycles. The highest BCUT2D eigenvalue weighted by Crippen LogP contribution is 2.27. The number of hydrogen-bond acceptors (Lipinski definition) is 5. The van der Waals surface area contributed by atoms with Gasteiger partial charge in [-0.05, 0) is 12.1 Å². The van der Waals surface area contributed by atoms with Crippen LogP contribution in [0.25, 0.3) is 6.08 Å². The number of rotatable bonds is 6. The maximum atomic E-state index is 11.1. The lowest BCUT2D eigenvalue weighted by Crippen LogP contribution is -2.47. The minimum atomic E-state index is -0.352. The molecule has 0 saturated carbocycles. The molecule has 0 aromatic heterocycles. The van der Waals surface area contributed by atoms with Crippen LogP contribution in [0.15, 0.2) is 24.8 Å². The standard InChI is InChI=1S/C15H21N3O3/c1-3-13-4-5-14(12-15(13)18(19)20)17-8-6-16(7-9-17)10-11-21-2/h3-5,12H,1,6-11H2,2H3. The van der Waals surface area contributed by atoms with E-state index in [0.717, 1.165) is 45.0 Å². The van der Waals surface area contributed by atoms with E-state index in [-0.39, 0.29) is 10.6 Å². The number of nitro benzene ring substituents is 1. The molecule has 6 heteroatoms. The maximum Gasteiger partial charge on any atom is 0.278 e. The zero-order valence-electron chi connectivity index (χ0n) is 12.3. The second-order valence-electron chi connectivity index (χ2n) is 5.03. The van der Waals surface area contributed by atoms with Crippen molar-refractivity contribution in [1.29, 1.82) is 0 Å². The fraction of sp³-hybridized carbons (Fsp3) is 0.467. The van der Waals surface area contributed by atoms with Gasteiger partial charge in [0, 0.05) is 51.6 Å². The van der Waals surface area contributed by atoms with Crippen LogP contribution in [0, 0.1) is 10.1 Å². The van der Waals surface area contributed by atoms with Gasteiger partial charge in [-0.2, -0.15) is 0 Å². The Morgan fingerprint density at radius 1 is 1.38 bits per heavy atom. The highest BCUT2D eigenvalue weighted by Gasteiger charge is 2.20. The quantitative estimate of drug-likeness (QED) is 0.592. The van der Waals surface area contributed by atoms with E-state index in [9.17, 15) is 10.1 Å². The minimum Gasteiger partial charge on any atom is -0.383 e. The molecule has 1 aromatic carbocycles. The lowest BCUT2D eigenvalue weighted by atomic mass is 10.1. The van der Waals surface area contributed by atoms with Crippen molar-refractivity contribution in [1.82, 2.24) is 4.90 Å². The van der Waals surface area contributed by atoms with E-state index in [1.807, 2.05) is 6.07 Å². The van der Waals surface area contributed by atoms with Crippen LogP contribution in [0.1, 0.15) is 5.56 Å². The van der Waals surface area contributed by atoms with Crippen molar-refractivity contribution < 1.29 is 9.66 Å². The molecule has 114 valence electrons. The van der Waals surface area contributed by atoms with Gasteiger partial charge in [-0.3, -0.25) is 15.0 Å². The van der Waals surface area contributed by atoms with Gasteiger partial charge in [0.1, 0.15) is 0 Å². The van der Waals surface area contributed by atoms with Gasteiger partial charge in [0.25, 0.3) is 5.69 Å². The van der Waals surface area contributed by atoms with E-state index in [2.05, 4.69) is 16.4 Å². The largest absolute Gasteiger partial charge is 0.383 e. The van der Waals surface area contributed by atoms with E-state index in [4.69, 9.17) is 4.74 Å². The monoisotopic (exact) mass is 291 g/mol. The van der Waals surface area contributed by atoms with Crippen LogP contribution in [-0.2, 0) is 4.74 Å². The summed E-state index contributed by atoms with van der Waals surface area (Å²) in [5, 5.41) is 11.1. The minimum absolute atomic E-state index is 0.115. The van der Waals surface area contributed by atoms with Crippen LogP contribution < -0.4 is 4.90 Å². The van der Waals surface area contributed by atoms with Crippen molar-refractivity contribution in [3.63, 3.8) is 0 Å². The van der Waals surface area contributed by atoms with Crippen LogP contribution in [0.2, 0.25) is 0 Å². The van der Waals surface area contributed by atoms with Gasteiger partial charge < -0.3 is 9.64 Å². The van der Waals surface area contributed by atoms with E-state index in [1.165, 1.54) is 6.08 Å². The fourth-order valence-electron chi connectivity index (χ4n) is 2.51. The highest BCUT2D eigenvalue weighted by atomic mass is 16.6. The van der Waals surface area contributed by atoms with Crippen molar-refractivity contribution in [3.8, 4) is 0 Å². The molecule has 2 rings (SSSR count). The Kier molecular flexibility index (Phi) is 5.30. The van der Waals surface area contributed by atoms with Crippen molar-refractivity contribution in [3.05, 3.63) is 40.5 Å². The number of methoxy groups -OCH3 is 1. The van der Waals surface area contributed by atoms with E-state index < -0.39 is 0 Å². The van der Waals surface area contributed by atoms with Crippen molar-refractivity contribution >= 4 is 17.5 Å². The van der Waals surface area contributed by atoms with Gasteiger partial charge >= 0.3 is 0 Å². The lowest BCUT2D eigenvalue weighted by Gasteiger charge is -2.35. The summed E-state index contributed by atoms with van der Waals surface area (Å²) >= 11 is 0. The molecule has 1 aliphatic heterocycles. The molecular formula is C15H21N3O3. The first kappa shape index (κ1) is 15.5. The van der Waals surface area contributed by atoms with E-state index >= 15 is 0 Å². The molecule has 0 unspecified atom stereocenters. The molecular weight excluding hydrogens is 270 g/mol. The zero-order chi connectivity index (χ0) is 15.2. The predicted molar refractivity (Wildman–Crippen MR) is 83.7 cm³/mol. The molecule has 0 N–H and O–H groups in total. The summed E-state index contributed by atoms with van der Waals surface area (Å²) in [6.07, 6.45) is 1.52. The first-order valence-electron chi connectivity index (χ1n) is 7.03. The second-order valence-corrected chi connectivity index (χ2v) is 5.03. The topological polar surface area (TPSA) is 58.8 Å². The Morgan fingerprint density at radius 2 is 2.10 bits per heavy atom. The third-order valence-electron chi connectivity index (χ3n) is 3.78. The lowest BCUT2D eigenvalue weighted by molar-refractivity contribution is -0.385. The molecule has 0 radical (unpaired) electrons. The van der Waals surface area contributed by atoms with Crippen molar-refractivity contribution in [2.24, 2.45) is 0 Å². The van der Waals surface area contributed by atoms with Gasteiger partial charge in [0.05, 0.1) is 17.1 Å². The SMILES string of the molecule is C=Cc1ccc(N2CCN(CCOC)CC2)cc1[N+](=O)[O-]. The third-order valence-corrected chi connectivity index (χ3v) is 3.78. The van der Waals surface area contributed by atoms with E-state index in [0.29, 0.717) is 5.56 Å². The number of hydrogen-bond donors (Lipinski definition) is 0. The van der Waals surface area contributed by atoms with Crippen molar-refractivity contribution in [2.75, 3.05) is 51.3 Å². The second kappa shape index (κ2) is 7.19. The normalized spacial score (nSPS) is 16.0. The Bertz CT molecular complexity index is 511. The van der Waals surface area contributed by atoms with E-state index in [1.54, 1.807) is 19.2 Å². The van der Waals surface area contributed by atoms with Gasteiger partial charge in [-0.25, -0.2) is 0 Å². The molecule has 1 aromatic rings. The van der Waals surface area contributed by atoms with Crippen LogP contribution >= 0.6 is 0 Å². The number of anilines is 1. The smallest absolute Gasteiger partial charge is 0.278 e. The molecule has 0 atom stereocenters. The summed E-state index contributed by atoms with van der Waals surface area (Å²) in [5.41, 5.74) is 1.57. The van der Waals surface area contributed by atoms with Crippen LogP contribution in [-0.4, -0.2) is 56.3 Å². The zero-order valence-corrected chi connectivity index (χ0v) is 12.3. The Labute approximate surface area is 124 Å². The van der Waals surface area contributed by atoms with Crippen LogP contribution in [0.4, 0.5) is 11.4 Å². The molecule has 0 amide bonds. The molecule has 0 bridgehead atoms. The number of benzene rings is 1. The van der Waals surface area contributed by atoms with Gasteiger partial charge in [0.15, 0.2) is 0 Å². The molecule has 1 aliphatic rings. The van der Waals surface area contributed by atoms with Crippen LogP contribution in [0.5, 0.6) is 0 Å². The Balaban J connectivity index is 2.05.